The second kappa shape index (κ2) is 7.69. The topological polar surface area (TPSA) is 67.4 Å². The Labute approximate surface area is 143 Å². The second-order valence-corrected chi connectivity index (χ2v) is 7.00. The second-order valence-electron chi connectivity index (χ2n) is 7.00. The smallest absolute Gasteiger partial charge is 0.258 e. The number of ether oxygens (including phenoxy) is 1. The third-order valence-corrected chi connectivity index (χ3v) is 4.84. The van der Waals surface area contributed by atoms with Crippen molar-refractivity contribution in [2.75, 3.05) is 6.61 Å². The number of carbonyl (C=O) groups excluding carboxylic acids is 2. The molecule has 5 nitrogen and oxygen atoms in total. The molecule has 2 aliphatic carbocycles. The van der Waals surface area contributed by atoms with E-state index in [1.165, 1.54) is 19.3 Å². The van der Waals surface area contributed by atoms with Gasteiger partial charge in [0.1, 0.15) is 5.75 Å². The molecule has 2 aliphatic rings. The van der Waals surface area contributed by atoms with E-state index in [1.807, 2.05) is 0 Å². The third kappa shape index (κ3) is 4.73. The van der Waals surface area contributed by atoms with Crippen LogP contribution in [0.25, 0.3) is 0 Å². The van der Waals surface area contributed by atoms with Crippen molar-refractivity contribution in [1.82, 2.24) is 10.6 Å². The van der Waals surface area contributed by atoms with E-state index in [1.54, 1.807) is 24.3 Å². The van der Waals surface area contributed by atoms with Gasteiger partial charge in [0.15, 0.2) is 6.61 Å². The van der Waals surface area contributed by atoms with E-state index in [0.29, 0.717) is 23.3 Å². The van der Waals surface area contributed by atoms with E-state index in [4.69, 9.17) is 4.74 Å². The van der Waals surface area contributed by atoms with Gasteiger partial charge in [-0.15, -0.1) is 0 Å². The Morgan fingerprint density at radius 3 is 2.67 bits per heavy atom. The molecule has 24 heavy (non-hydrogen) atoms. The summed E-state index contributed by atoms with van der Waals surface area (Å²) in [6.45, 7) is 2.17. The van der Waals surface area contributed by atoms with Crippen molar-refractivity contribution in [3.05, 3.63) is 29.8 Å². The normalized spacial score (nSPS) is 23.4. The zero-order chi connectivity index (χ0) is 16.9. The van der Waals surface area contributed by atoms with Gasteiger partial charge in [-0.25, -0.2) is 0 Å². The molecular weight excluding hydrogens is 304 g/mol. The summed E-state index contributed by atoms with van der Waals surface area (Å²) < 4.78 is 5.56. The number of benzene rings is 1. The minimum absolute atomic E-state index is 0.0169. The summed E-state index contributed by atoms with van der Waals surface area (Å²) in [6.07, 6.45) is 6.76. The van der Waals surface area contributed by atoms with Crippen LogP contribution in [0.4, 0.5) is 0 Å². The fourth-order valence-electron chi connectivity index (χ4n) is 3.15. The highest BCUT2D eigenvalue weighted by Gasteiger charge is 2.24. The van der Waals surface area contributed by atoms with Crippen LogP contribution in [-0.2, 0) is 4.79 Å². The van der Waals surface area contributed by atoms with Crippen LogP contribution in [0.5, 0.6) is 5.75 Å². The van der Waals surface area contributed by atoms with Gasteiger partial charge in [0.25, 0.3) is 11.8 Å². The van der Waals surface area contributed by atoms with E-state index in [-0.39, 0.29) is 24.5 Å². The lowest BCUT2D eigenvalue weighted by atomic mass is 9.86. The SMILES string of the molecule is CC1CCCCC1NC(=O)COc1cccc(C(=O)NC2CC2)c1. The van der Waals surface area contributed by atoms with Gasteiger partial charge in [0, 0.05) is 17.6 Å². The lowest BCUT2D eigenvalue weighted by Crippen LogP contribution is -2.43. The number of amides is 2. The lowest BCUT2D eigenvalue weighted by molar-refractivity contribution is -0.124. The number of hydrogen-bond acceptors (Lipinski definition) is 3. The highest BCUT2D eigenvalue weighted by molar-refractivity contribution is 5.95. The quantitative estimate of drug-likeness (QED) is 0.842. The van der Waals surface area contributed by atoms with Crippen LogP contribution in [0.2, 0.25) is 0 Å². The predicted octanol–water partition coefficient (Wildman–Crippen LogP) is 2.65. The Bertz CT molecular complexity index is 598. The van der Waals surface area contributed by atoms with Crippen molar-refractivity contribution in [3.8, 4) is 5.75 Å². The van der Waals surface area contributed by atoms with Crippen molar-refractivity contribution in [2.24, 2.45) is 5.92 Å². The maximum atomic E-state index is 12.1. The average Bonchev–Trinajstić information content (AvgIpc) is 3.39. The van der Waals surface area contributed by atoms with Crippen LogP contribution < -0.4 is 15.4 Å². The summed E-state index contributed by atoms with van der Waals surface area (Å²) in [5, 5.41) is 6.01. The third-order valence-electron chi connectivity index (χ3n) is 4.84. The van der Waals surface area contributed by atoms with E-state index >= 15 is 0 Å². The fraction of sp³-hybridized carbons (Fsp3) is 0.579. The first-order valence-electron chi connectivity index (χ1n) is 8.95. The van der Waals surface area contributed by atoms with Crippen molar-refractivity contribution >= 4 is 11.8 Å². The number of carbonyl (C=O) groups is 2. The zero-order valence-corrected chi connectivity index (χ0v) is 14.2. The number of hydrogen-bond donors (Lipinski definition) is 2. The Kier molecular flexibility index (Phi) is 5.38. The van der Waals surface area contributed by atoms with E-state index in [9.17, 15) is 9.59 Å². The van der Waals surface area contributed by atoms with Crippen molar-refractivity contribution in [3.63, 3.8) is 0 Å². The molecular formula is C19H26N2O3. The maximum Gasteiger partial charge on any atom is 0.258 e. The van der Waals surface area contributed by atoms with E-state index < -0.39 is 0 Å². The zero-order valence-electron chi connectivity index (χ0n) is 14.2. The summed E-state index contributed by atoms with van der Waals surface area (Å²) in [7, 11) is 0. The first-order valence-corrected chi connectivity index (χ1v) is 8.95. The molecule has 2 saturated carbocycles. The monoisotopic (exact) mass is 330 g/mol. The van der Waals surface area contributed by atoms with Crippen LogP contribution in [0, 0.1) is 5.92 Å². The molecule has 3 rings (SSSR count). The Morgan fingerprint density at radius 1 is 1.12 bits per heavy atom. The van der Waals surface area contributed by atoms with Crippen LogP contribution in [0.3, 0.4) is 0 Å². The van der Waals surface area contributed by atoms with Gasteiger partial charge >= 0.3 is 0 Å². The molecule has 0 saturated heterocycles. The molecule has 1 aromatic carbocycles. The van der Waals surface area contributed by atoms with E-state index in [2.05, 4.69) is 17.6 Å². The molecule has 1 aromatic rings. The number of rotatable bonds is 6. The van der Waals surface area contributed by atoms with Crippen LogP contribution in [-0.4, -0.2) is 30.5 Å². The first-order chi connectivity index (χ1) is 11.6. The fourth-order valence-corrected chi connectivity index (χ4v) is 3.15. The van der Waals surface area contributed by atoms with Crippen molar-refractivity contribution in [1.29, 1.82) is 0 Å². The van der Waals surface area contributed by atoms with Gasteiger partial charge in [-0.05, 0) is 49.8 Å². The molecule has 0 heterocycles. The summed E-state index contributed by atoms with van der Waals surface area (Å²) >= 11 is 0. The van der Waals surface area contributed by atoms with Crippen LogP contribution in [0.15, 0.2) is 24.3 Å². The molecule has 2 amide bonds. The summed E-state index contributed by atoms with van der Waals surface area (Å²) in [5.41, 5.74) is 0.570. The maximum absolute atomic E-state index is 12.1. The molecule has 2 N–H and O–H groups in total. The van der Waals surface area contributed by atoms with Gasteiger partial charge in [-0.1, -0.05) is 25.8 Å². The highest BCUT2D eigenvalue weighted by Crippen LogP contribution is 2.23. The molecule has 2 unspecified atom stereocenters. The highest BCUT2D eigenvalue weighted by atomic mass is 16.5. The summed E-state index contributed by atoms with van der Waals surface area (Å²) in [6, 6.07) is 7.57. The molecule has 2 fully saturated rings. The van der Waals surface area contributed by atoms with Crippen molar-refractivity contribution in [2.45, 2.75) is 57.5 Å². The molecule has 0 spiro atoms. The molecule has 5 heteroatoms. The average molecular weight is 330 g/mol. The minimum Gasteiger partial charge on any atom is -0.484 e. The molecule has 0 radical (unpaired) electrons. The summed E-state index contributed by atoms with van der Waals surface area (Å²) in [5.74, 6) is 0.896. The van der Waals surface area contributed by atoms with Gasteiger partial charge < -0.3 is 15.4 Å². The molecule has 0 aromatic heterocycles. The van der Waals surface area contributed by atoms with Crippen LogP contribution >= 0.6 is 0 Å². The largest absolute Gasteiger partial charge is 0.484 e. The van der Waals surface area contributed by atoms with E-state index in [0.717, 1.165) is 19.3 Å². The Hall–Kier alpha value is -2.04. The minimum atomic E-state index is -0.0958. The lowest BCUT2D eigenvalue weighted by Gasteiger charge is -2.29. The van der Waals surface area contributed by atoms with Crippen LogP contribution in [0.1, 0.15) is 55.8 Å². The summed E-state index contributed by atoms with van der Waals surface area (Å²) in [4.78, 5) is 24.1. The van der Waals surface area contributed by atoms with Crippen molar-refractivity contribution < 1.29 is 14.3 Å². The first kappa shape index (κ1) is 16.8. The molecule has 0 bridgehead atoms. The van der Waals surface area contributed by atoms with Gasteiger partial charge in [0.2, 0.25) is 0 Å². The van der Waals surface area contributed by atoms with Gasteiger partial charge in [-0.3, -0.25) is 9.59 Å². The number of nitrogens with one attached hydrogen (secondary N) is 2. The Morgan fingerprint density at radius 2 is 1.92 bits per heavy atom. The molecule has 2 atom stereocenters. The predicted molar refractivity (Wildman–Crippen MR) is 92.0 cm³/mol. The molecule has 130 valence electrons. The molecule has 0 aliphatic heterocycles. The van der Waals surface area contributed by atoms with Gasteiger partial charge in [0.05, 0.1) is 0 Å². The Balaban J connectivity index is 1.48. The standard InChI is InChI=1S/C19H26N2O3/c1-13-5-2-3-8-17(13)21-18(22)12-24-16-7-4-6-14(11-16)19(23)20-15-9-10-15/h4,6-7,11,13,15,17H,2-3,5,8-10,12H2,1H3,(H,20,23)(H,21,22). The van der Waals surface area contributed by atoms with Gasteiger partial charge in [-0.2, -0.15) is 0 Å².